The van der Waals surface area contributed by atoms with E-state index in [-0.39, 0.29) is 11.9 Å². The molecule has 3 aromatic rings. The first-order chi connectivity index (χ1) is 14.5. The van der Waals surface area contributed by atoms with Crippen molar-refractivity contribution in [1.82, 2.24) is 30.0 Å². The van der Waals surface area contributed by atoms with E-state index in [0.717, 1.165) is 25.2 Å². The highest BCUT2D eigenvalue weighted by molar-refractivity contribution is 5.94. The zero-order chi connectivity index (χ0) is 20.8. The molecule has 2 N–H and O–H groups in total. The Morgan fingerprint density at radius 1 is 1.17 bits per heavy atom. The lowest BCUT2D eigenvalue weighted by Crippen LogP contribution is -2.47. The molecule has 2 bridgehead atoms. The van der Waals surface area contributed by atoms with E-state index in [1.807, 2.05) is 17.0 Å². The van der Waals surface area contributed by atoms with Gasteiger partial charge in [0.15, 0.2) is 0 Å². The number of nitrogens with one attached hydrogen (secondary N) is 2. The van der Waals surface area contributed by atoms with Crippen LogP contribution in [-0.2, 0) is 7.05 Å². The van der Waals surface area contributed by atoms with Crippen molar-refractivity contribution in [3.8, 4) is 11.4 Å². The summed E-state index contributed by atoms with van der Waals surface area (Å²) < 4.78 is 1.65. The number of rotatable bonds is 4. The Kier molecular flexibility index (Phi) is 4.51. The van der Waals surface area contributed by atoms with Gasteiger partial charge in [-0.3, -0.25) is 9.48 Å². The van der Waals surface area contributed by atoms with Gasteiger partial charge in [-0.1, -0.05) is 6.07 Å². The molecule has 0 aliphatic carbocycles. The van der Waals surface area contributed by atoms with Gasteiger partial charge in [-0.05, 0) is 55.7 Å². The van der Waals surface area contributed by atoms with Crippen LogP contribution in [0.4, 0.5) is 11.6 Å². The number of piperazine rings is 1. The van der Waals surface area contributed by atoms with Crippen LogP contribution in [0.1, 0.15) is 28.0 Å². The van der Waals surface area contributed by atoms with Gasteiger partial charge in [-0.15, -0.1) is 0 Å². The fraction of sp³-hybridized carbons (Fsp3) is 0.364. The Balaban J connectivity index is 1.39. The monoisotopic (exact) mass is 403 g/mol. The molecule has 0 unspecified atom stereocenters. The van der Waals surface area contributed by atoms with E-state index in [2.05, 4.69) is 57.7 Å². The first-order valence-electron chi connectivity index (χ1n) is 10.2. The second-order valence-corrected chi connectivity index (χ2v) is 8.26. The van der Waals surface area contributed by atoms with Gasteiger partial charge in [-0.25, -0.2) is 9.97 Å². The van der Waals surface area contributed by atoms with E-state index in [4.69, 9.17) is 0 Å². The Labute approximate surface area is 175 Å². The second-order valence-electron chi connectivity index (χ2n) is 8.26. The van der Waals surface area contributed by atoms with Gasteiger partial charge in [0.1, 0.15) is 11.4 Å². The van der Waals surface area contributed by atoms with Crippen molar-refractivity contribution in [2.24, 2.45) is 7.05 Å². The van der Waals surface area contributed by atoms with Crippen molar-refractivity contribution in [3.63, 3.8) is 0 Å². The lowest BCUT2D eigenvalue weighted by Gasteiger charge is -2.27. The second kappa shape index (κ2) is 7.21. The number of hydrogen-bond donors (Lipinski definition) is 2. The molecular weight excluding hydrogens is 378 g/mol. The number of carbonyl (C=O) groups is 1. The van der Waals surface area contributed by atoms with E-state index in [1.165, 1.54) is 11.1 Å². The molecular formula is C22H25N7O. The summed E-state index contributed by atoms with van der Waals surface area (Å²) in [6.45, 7) is 5.76. The molecule has 2 saturated heterocycles. The number of aromatic nitrogens is 4. The fourth-order valence-electron chi connectivity index (χ4n) is 4.49. The molecule has 2 fully saturated rings. The van der Waals surface area contributed by atoms with Gasteiger partial charge in [0, 0.05) is 44.1 Å². The minimum absolute atomic E-state index is 0.0351. The van der Waals surface area contributed by atoms with Crippen LogP contribution in [0.15, 0.2) is 36.5 Å². The lowest BCUT2D eigenvalue weighted by molar-refractivity contribution is 0.0705. The number of nitrogens with zero attached hydrogens (tertiary/aromatic N) is 5. The van der Waals surface area contributed by atoms with E-state index in [0.29, 0.717) is 29.1 Å². The first kappa shape index (κ1) is 18.7. The summed E-state index contributed by atoms with van der Waals surface area (Å²) in [7, 11) is 1.80. The smallest absolute Gasteiger partial charge is 0.272 e. The van der Waals surface area contributed by atoms with Gasteiger partial charge in [0.05, 0.1) is 5.69 Å². The highest BCUT2D eigenvalue weighted by Gasteiger charge is 2.41. The third-order valence-corrected chi connectivity index (χ3v) is 5.81. The summed E-state index contributed by atoms with van der Waals surface area (Å²) >= 11 is 0. The van der Waals surface area contributed by atoms with Crippen LogP contribution in [0, 0.1) is 13.8 Å². The normalized spacial score (nSPS) is 20.0. The number of benzene rings is 1. The van der Waals surface area contributed by atoms with Crippen molar-refractivity contribution in [3.05, 3.63) is 53.3 Å². The molecule has 4 heterocycles. The Hall–Kier alpha value is -3.26. The molecule has 8 nitrogen and oxygen atoms in total. The van der Waals surface area contributed by atoms with Crippen LogP contribution in [-0.4, -0.2) is 55.7 Å². The van der Waals surface area contributed by atoms with E-state index < -0.39 is 0 Å². The number of hydrogen-bond acceptors (Lipinski definition) is 6. The van der Waals surface area contributed by atoms with E-state index >= 15 is 0 Å². The van der Waals surface area contributed by atoms with Crippen molar-refractivity contribution in [2.75, 3.05) is 18.4 Å². The van der Waals surface area contributed by atoms with Crippen LogP contribution < -0.4 is 10.6 Å². The number of fused-ring (bicyclic) bond motifs is 2. The third kappa shape index (κ3) is 3.43. The SMILES string of the molecule is Cc1cc(C)cc(Nc2nccc(-c3cc(C(=O)N4C[C@@H]5C[C@@H]4CN5)n(C)n3)n2)c1. The molecule has 2 aliphatic rings. The summed E-state index contributed by atoms with van der Waals surface area (Å²) in [5, 5.41) is 11.2. The molecule has 2 aromatic heterocycles. The van der Waals surface area contributed by atoms with Gasteiger partial charge in [0.25, 0.3) is 5.91 Å². The average Bonchev–Trinajstić information content (AvgIpc) is 3.42. The molecule has 5 rings (SSSR count). The van der Waals surface area contributed by atoms with Crippen LogP contribution >= 0.6 is 0 Å². The van der Waals surface area contributed by atoms with Crippen molar-refractivity contribution >= 4 is 17.5 Å². The number of amides is 1. The summed E-state index contributed by atoms with van der Waals surface area (Å²) in [6.07, 6.45) is 2.74. The Morgan fingerprint density at radius 2 is 1.97 bits per heavy atom. The van der Waals surface area contributed by atoms with Crippen molar-refractivity contribution in [1.29, 1.82) is 0 Å². The van der Waals surface area contributed by atoms with Gasteiger partial charge in [0.2, 0.25) is 5.95 Å². The minimum Gasteiger partial charge on any atom is -0.331 e. The topological polar surface area (TPSA) is 88.0 Å². The quantitative estimate of drug-likeness (QED) is 0.696. The van der Waals surface area contributed by atoms with Gasteiger partial charge in [-0.2, -0.15) is 5.10 Å². The maximum Gasteiger partial charge on any atom is 0.272 e. The van der Waals surface area contributed by atoms with Gasteiger partial charge < -0.3 is 15.5 Å². The van der Waals surface area contributed by atoms with Crippen molar-refractivity contribution in [2.45, 2.75) is 32.4 Å². The Bertz CT molecular complexity index is 1100. The number of likely N-dealkylation sites (tertiary alicyclic amines) is 1. The largest absolute Gasteiger partial charge is 0.331 e. The molecule has 154 valence electrons. The van der Waals surface area contributed by atoms with E-state index in [1.54, 1.807) is 17.9 Å². The third-order valence-electron chi connectivity index (χ3n) is 5.81. The zero-order valence-electron chi connectivity index (χ0n) is 17.4. The minimum atomic E-state index is 0.0351. The standard InChI is InChI=1S/C22H25N7O/c1-13-6-14(2)8-15(7-13)25-22-23-5-4-18(26-22)19-10-20(28(3)27-19)21(30)29-12-16-9-17(29)11-24-16/h4-8,10,16-17,24H,9,11-12H2,1-3H3,(H,23,25,26)/t16-,17+/m0/s1. The van der Waals surface area contributed by atoms with Crippen LogP contribution in [0.2, 0.25) is 0 Å². The molecule has 1 amide bonds. The average molecular weight is 403 g/mol. The summed E-state index contributed by atoms with van der Waals surface area (Å²) in [6, 6.07) is 10.6. The van der Waals surface area contributed by atoms with Crippen LogP contribution in [0.25, 0.3) is 11.4 Å². The summed E-state index contributed by atoms with van der Waals surface area (Å²) in [5.41, 5.74) is 5.21. The van der Waals surface area contributed by atoms with Gasteiger partial charge >= 0.3 is 0 Å². The maximum absolute atomic E-state index is 13.1. The molecule has 0 radical (unpaired) electrons. The van der Waals surface area contributed by atoms with E-state index in [9.17, 15) is 4.79 Å². The summed E-state index contributed by atoms with van der Waals surface area (Å²) in [5.74, 6) is 0.534. The number of carbonyl (C=O) groups excluding carboxylic acids is 1. The zero-order valence-corrected chi connectivity index (χ0v) is 17.4. The maximum atomic E-state index is 13.1. The fourth-order valence-corrected chi connectivity index (χ4v) is 4.49. The lowest BCUT2D eigenvalue weighted by atomic mass is 10.1. The molecule has 2 atom stereocenters. The van der Waals surface area contributed by atoms with Crippen molar-refractivity contribution < 1.29 is 4.79 Å². The molecule has 0 spiro atoms. The van der Waals surface area contributed by atoms with Crippen LogP contribution in [0.3, 0.4) is 0 Å². The highest BCUT2D eigenvalue weighted by atomic mass is 16.2. The molecule has 2 aliphatic heterocycles. The summed E-state index contributed by atoms with van der Waals surface area (Å²) in [4.78, 5) is 24.0. The molecule has 0 saturated carbocycles. The molecule has 30 heavy (non-hydrogen) atoms. The Morgan fingerprint density at radius 3 is 2.67 bits per heavy atom. The predicted octanol–water partition coefficient (Wildman–Crippen LogP) is 2.42. The molecule has 1 aromatic carbocycles. The highest BCUT2D eigenvalue weighted by Crippen LogP contribution is 2.26. The number of aryl methyl sites for hydroxylation is 3. The first-order valence-corrected chi connectivity index (χ1v) is 10.2. The predicted molar refractivity (Wildman–Crippen MR) is 115 cm³/mol. The van der Waals surface area contributed by atoms with Crippen LogP contribution in [0.5, 0.6) is 0 Å². The number of anilines is 2. The molecule has 8 heteroatoms.